The number of anilines is 1. The third-order valence-corrected chi connectivity index (χ3v) is 8.00. The van der Waals surface area contributed by atoms with Gasteiger partial charge in [0, 0.05) is 22.8 Å². The summed E-state index contributed by atoms with van der Waals surface area (Å²) >= 11 is 2.42. The third-order valence-electron chi connectivity index (χ3n) is 5.99. The number of carbonyl (C=O) groups is 4. The van der Waals surface area contributed by atoms with Crippen LogP contribution in [0.2, 0.25) is 0 Å². The SMILES string of the molecule is CO/N=C(\C(=O)N[C@@H]1C(=O)N2C(C(=O)[O-])=C(C[n+]3ccn4cc(C(N)=O)ccc43)CS[C@@H]12)c1csc(N)n1. The molecular weight excluding hydrogens is 536 g/mol. The lowest BCUT2D eigenvalue weighted by atomic mass is 10.0. The van der Waals surface area contributed by atoms with Crippen molar-refractivity contribution in [3.8, 4) is 0 Å². The summed E-state index contributed by atoms with van der Waals surface area (Å²) in [5, 5.41) is 19.5. The van der Waals surface area contributed by atoms with E-state index in [9.17, 15) is 24.3 Å². The monoisotopic (exact) mass is 556 g/mol. The highest BCUT2D eigenvalue weighted by Crippen LogP contribution is 2.40. The van der Waals surface area contributed by atoms with Gasteiger partial charge in [0.25, 0.3) is 23.4 Å². The zero-order chi connectivity index (χ0) is 27.1. The van der Waals surface area contributed by atoms with Gasteiger partial charge < -0.3 is 31.5 Å². The van der Waals surface area contributed by atoms with E-state index in [-0.39, 0.29) is 34.5 Å². The van der Waals surface area contributed by atoms with Gasteiger partial charge in [-0.3, -0.25) is 19.3 Å². The summed E-state index contributed by atoms with van der Waals surface area (Å²) in [4.78, 5) is 59.4. The molecule has 0 aromatic carbocycles. The van der Waals surface area contributed by atoms with Crippen LogP contribution >= 0.6 is 23.1 Å². The van der Waals surface area contributed by atoms with Crippen molar-refractivity contribution >= 4 is 63.3 Å². The first kappa shape index (κ1) is 25.2. The first-order valence-corrected chi connectivity index (χ1v) is 12.9. The lowest BCUT2D eigenvalue weighted by Crippen LogP contribution is -2.71. The van der Waals surface area contributed by atoms with Gasteiger partial charge in [0.1, 0.15) is 49.4 Å². The summed E-state index contributed by atoms with van der Waals surface area (Å²) in [5.74, 6) is -3.11. The Kier molecular flexibility index (Phi) is 6.50. The van der Waals surface area contributed by atoms with Crippen LogP contribution in [-0.2, 0) is 25.8 Å². The van der Waals surface area contributed by atoms with Gasteiger partial charge in [-0.25, -0.2) is 14.0 Å². The van der Waals surface area contributed by atoms with Crippen LogP contribution in [-0.4, -0.2) is 68.0 Å². The first-order chi connectivity index (χ1) is 18.2. The maximum atomic E-state index is 13.0. The van der Waals surface area contributed by atoms with Crippen molar-refractivity contribution in [3.05, 3.63) is 58.6 Å². The highest BCUT2D eigenvalue weighted by Gasteiger charge is 2.53. The van der Waals surface area contributed by atoms with E-state index in [1.165, 1.54) is 24.3 Å². The van der Waals surface area contributed by atoms with Crippen molar-refractivity contribution < 1.29 is 33.7 Å². The fraction of sp³-hybridized carbons (Fsp3) is 0.227. The molecule has 0 unspecified atom stereocenters. The number of hydrogen-bond acceptors (Lipinski definition) is 11. The number of rotatable bonds is 8. The van der Waals surface area contributed by atoms with Gasteiger partial charge >= 0.3 is 0 Å². The fourth-order valence-corrected chi connectivity index (χ4v) is 6.16. The predicted octanol–water partition coefficient (Wildman–Crippen LogP) is -2.18. The Balaban J connectivity index is 1.37. The second-order valence-corrected chi connectivity index (χ2v) is 10.3. The van der Waals surface area contributed by atoms with Crippen LogP contribution in [0.3, 0.4) is 0 Å². The molecule has 1 fully saturated rings. The summed E-state index contributed by atoms with van der Waals surface area (Å²) in [7, 11) is 1.26. The number of oxime groups is 1. The lowest BCUT2D eigenvalue weighted by Gasteiger charge is -2.50. The molecule has 0 radical (unpaired) electrons. The predicted molar refractivity (Wildman–Crippen MR) is 133 cm³/mol. The zero-order valence-corrected chi connectivity index (χ0v) is 21.3. The molecule has 0 spiro atoms. The molecule has 3 aromatic rings. The average Bonchev–Trinajstić information content (AvgIpc) is 3.50. The summed E-state index contributed by atoms with van der Waals surface area (Å²) < 4.78 is 3.47. The summed E-state index contributed by atoms with van der Waals surface area (Å²) in [6.45, 7) is 0.159. The molecule has 5 rings (SSSR count). The minimum Gasteiger partial charge on any atom is -0.543 e. The Labute approximate surface area is 222 Å². The van der Waals surface area contributed by atoms with Crippen LogP contribution in [0, 0.1) is 0 Å². The van der Waals surface area contributed by atoms with Crippen molar-refractivity contribution in [2.45, 2.75) is 18.0 Å². The van der Waals surface area contributed by atoms with Crippen molar-refractivity contribution in [1.82, 2.24) is 19.6 Å². The molecule has 2 aliphatic rings. The second-order valence-electron chi connectivity index (χ2n) is 8.27. The van der Waals surface area contributed by atoms with E-state index in [1.54, 1.807) is 39.7 Å². The number of nitrogens with one attached hydrogen (secondary N) is 1. The Morgan fingerprint density at radius 3 is 2.82 bits per heavy atom. The summed E-state index contributed by atoms with van der Waals surface area (Å²) in [5.41, 5.74) is 12.2. The number of carboxylic acid groups (broad SMARTS) is 1. The molecule has 5 N–H and O–H groups in total. The zero-order valence-electron chi connectivity index (χ0n) is 19.7. The Morgan fingerprint density at radius 1 is 1.37 bits per heavy atom. The number of hydrogen-bond donors (Lipinski definition) is 3. The van der Waals surface area contributed by atoms with E-state index < -0.39 is 35.1 Å². The largest absolute Gasteiger partial charge is 0.543 e. The van der Waals surface area contributed by atoms with Crippen LogP contribution < -0.4 is 26.5 Å². The number of β-lactam (4-membered cyclic amide) rings is 1. The number of primary amides is 1. The quantitative estimate of drug-likeness (QED) is 0.119. The number of carbonyl (C=O) groups excluding carboxylic acids is 4. The van der Waals surface area contributed by atoms with E-state index in [4.69, 9.17) is 16.3 Å². The smallest absolute Gasteiger partial charge is 0.286 e. The van der Waals surface area contributed by atoms with Crippen LogP contribution in [0.25, 0.3) is 5.65 Å². The number of fused-ring (bicyclic) bond motifs is 2. The first-order valence-electron chi connectivity index (χ1n) is 11.0. The molecule has 2 atom stereocenters. The Morgan fingerprint density at radius 2 is 2.16 bits per heavy atom. The van der Waals surface area contributed by atoms with Gasteiger partial charge in [-0.1, -0.05) is 5.16 Å². The number of thiazole rings is 1. The van der Waals surface area contributed by atoms with E-state index in [0.717, 1.165) is 16.2 Å². The maximum absolute atomic E-state index is 13.0. The molecule has 14 nitrogen and oxygen atoms in total. The van der Waals surface area contributed by atoms with Gasteiger partial charge in [0.05, 0.1) is 17.2 Å². The molecule has 1 saturated heterocycles. The van der Waals surface area contributed by atoms with Crippen molar-refractivity contribution in [2.24, 2.45) is 10.9 Å². The molecule has 2 aliphatic heterocycles. The molecule has 3 amide bonds. The second kappa shape index (κ2) is 9.79. The lowest BCUT2D eigenvalue weighted by molar-refractivity contribution is -0.662. The Hall–Kier alpha value is -4.44. The van der Waals surface area contributed by atoms with E-state index >= 15 is 0 Å². The van der Waals surface area contributed by atoms with Gasteiger partial charge in [0.2, 0.25) is 0 Å². The van der Waals surface area contributed by atoms with Crippen molar-refractivity contribution in [1.29, 1.82) is 0 Å². The van der Waals surface area contributed by atoms with E-state index in [1.807, 2.05) is 0 Å². The Bertz CT molecular complexity index is 1560. The summed E-state index contributed by atoms with van der Waals surface area (Å²) in [6.07, 6.45) is 5.00. The fourth-order valence-electron chi connectivity index (χ4n) is 4.28. The molecule has 16 heteroatoms. The van der Waals surface area contributed by atoms with Gasteiger partial charge in [-0.05, 0) is 6.07 Å². The van der Waals surface area contributed by atoms with Crippen LogP contribution in [0.1, 0.15) is 16.1 Å². The number of thioether (sulfide) groups is 1. The molecule has 0 saturated carbocycles. The maximum Gasteiger partial charge on any atom is 0.286 e. The number of amides is 3. The van der Waals surface area contributed by atoms with Crippen LogP contribution in [0.4, 0.5) is 5.13 Å². The van der Waals surface area contributed by atoms with E-state index in [2.05, 4.69) is 15.5 Å². The van der Waals surface area contributed by atoms with Crippen LogP contribution in [0.15, 0.2) is 52.5 Å². The number of imidazole rings is 1. The molecule has 38 heavy (non-hydrogen) atoms. The number of nitrogen functional groups attached to an aromatic ring is 1. The molecular formula is C22H20N8O6S2. The minimum atomic E-state index is -1.50. The van der Waals surface area contributed by atoms with Gasteiger partial charge in [-0.15, -0.1) is 23.1 Å². The number of pyridine rings is 1. The van der Waals surface area contributed by atoms with Crippen LogP contribution in [0.5, 0.6) is 0 Å². The minimum absolute atomic E-state index is 0.159. The third kappa shape index (κ3) is 4.32. The average molecular weight is 557 g/mol. The van der Waals surface area contributed by atoms with Gasteiger partial charge in [0.15, 0.2) is 10.8 Å². The number of aromatic nitrogens is 3. The highest BCUT2D eigenvalue weighted by atomic mass is 32.2. The molecule has 0 aliphatic carbocycles. The van der Waals surface area contributed by atoms with Crippen molar-refractivity contribution in [2.75, 3.05) is 18.6 Å². The number of aliphatic carboxylic acids is 1. The number of nitrogens with zero attached hydrogens (tertiary/aromatic N) is 5. The molecule has 3 aromatic heterocycles. The molecule has 5 heterocycles. The van der Waals surface area contributed by atoms with Crippen molar-refractivity contribution in [3.63, 3.8) is 0 Å². The number of carboxylic acids is 1. The van der Waals surface area contributed by atoms with E-state index in [0.29, 0.717) is 16.8 Å². The summed E-state index contributed by atoms with van der Waals surface area (Å²) in [6, 6.07) is 2.27. The molecule has 0 bridgehead atoms. The standard InChI is InChI=1S/C22H20N8O6S2/c1-36-27-14(12-9-38-22(24)25-12)18(32)26-15-19(33)30-16(21(34)35)11(8-37-20(15)30)7-29-5-4-28-6-10(17(23)31)2-3-13(28)29/h2-6,9,15,20H,7-8H2,1H3,(H5-,23,24,25,26,31,32,34,35)/b27-14-/t15-,20+/m1/s1. The molecule has 196 valence electrons. The normalized spacial score (nSPS) is 19.2. The number of nitrogens with two attached hydrogens (primary N) is 2. The topological polar surface area (TPSA) is 201 Å². The van der Waals surface area contributed by atoms with Gasteiger partial charge in [-0.2, -0.15) is 0 Å². The highest BCUT2D eigenvalue weighted by molar-refractivity contribution is 8.00.